The molecule has 0 saturated heterocycles. The van der Waals surface area contributed by atoms with E-state index in [0.717, 1.165) is 17.7 Å². The minimum Gasteiger partial charge on any atom is -0.330 e. The van der Waals surface area contributed by atoms with E-state index in [2.05, 4.69) is 45.0 Å². The Bertz CT molecular complexity index is 617. The fourth-order valence-electron chi connectivity index (χ4n) is 2.16. The first-order chi connectivity index (χ1) is 9.43. The molecule has 2 N–H and O–H groups in total. The molecule has 0 unspecified atom stereocenters. The van der Waals surface area contributed by atoms with Crippen LogP contribution in [0.15, 0.2) is 34.4 Å². The lowest BCUT2D eigenvalue weighted by atomic mass is 9.86. The van der Waals surface area contributed by atoms with Gasteiger partial charge in [0, 0.05) is 11.9 Å². The van der Waals surface area contributed by atoms with Gasteiger partial charge in [-0.25, -0.2) is 0 Å². The number of benzene rings is 1. The van der Waals surface area contributed by atoms with Crippen LogP contribution in [0, 0.1) is 0 Å². The number of hydrogen-bond donors (Lipinski definition) is 1. The molecule has 108 valence electrons. The van der Waals surface area contributed by atoms with Gasteiger partial charge in [0.2, 0.25) is 0 Å². The Kier molecular flexibility index (Phi) is 4.45. The van der Waals surface area contributed by atoms with E-state index in [-0.39, 0.29) is 10.3 Å². The lowest BCUT2D eigenvalue weighted by molar-refractivity contribution is 0.590. The van der Waals surface area contributed by atoms with Crippen molar-refractivity contribution >= 4 is 11.3 Å². The Labute approximate surface area is 124 Å². The van der Waals surface area contributed by atoms with Gasteiger partial charge in [-0.2, -0.15) is 0 Å². The largest absolute Gasteiger partial charge is 0.330 e. The SMILES string of the molecule is CC(C)(C)c1ccc(-c2csc(=O)n2CCCN)cc1. The Morgan fingerprint density at radius 1 is 1.20 bits per heavy atom. The average molecular weight is 290 g/mol. The Hall–Kier alpha value is -1.39. The third-order valence-electron chi connectivity index (χ3n) is 3.42. The zero-order chi connectivity index (χ0) is 14.8. The van der Waals surface area contributed by atoms with E-state index in [1.54, 1.807) is 0 Å². The third-order valence-corrected chi connectivity index (χ3v) is 4.18. The maximum absolute atomic E-state index is 11.9. The predicted octanol–water partition coefficient (Wildman–Crippen LogP) is 3.22. The molecule has 0 atom stereocenters. The highest BCUT2D eigenvalue weighted by atomic mass is 32.1. The molecule has 2 rings (SSSR count). The van der Waals surface area contributed by atoms with Crippen molar-refractivity contribution in [3.05, 3.63) is 44.9 Å². The fraction of sp³-hybridized carbons (Fsp3) is 0.438. The molecule has 0 radical (unpaired) electrons. The Morgan fingerprint density at radius 2 is 1.85 bits per heavy atom. The molecule has 0 fully saturated rings. The zero-order valence-electron chi connectivity index (χ0n) is 12.3. The van der Waals surface area contributed by atoms with Crippen molar-refractivity contribution < 1.29 is 0 Å². The number of thiazole rings is 1. The summed E-state index contributed by atoms with van der Waals surface area (Å²) >= 11 is 1.25. The van der Waals surface area contributed by atoms with Gasteiger partial charge in [-0.05, 0) is 29.5 Å². The van der Waals surface area contributed by atoms with Crippen molar-refractivity contribution in [1.82, 2.24) is 4.57 Å². The van der Waals surface area contributed by atoms with Crippen molar-refractivity contribution in [2.75, 3.05) is 6.54 Å². The molecule has 4 heteroatoms. The van der Waals surface area contributed by atoms with Gasteiger partial charge in [-0.3, -0.25) is 9.36 Å². The fourth-order valence-corrected chi connectivity index (χ4v) is 2.95. The van der Waals surface area contributed by atoms with Crippen LogP contribution in [0.4, 0.5) is 0 Å². The summed E-state index contributed by atoms with van der Waals surface area (Å²) in [6.45, 7) is 7.89. The maximum Gasteiger partial charge on any atom is 0.307 e. The summed E-state index contributed by atoms with van der Waals surface area (Å²) in [6.07, 6.45) is 0.823. The Morgan fingerprint density at radius 3 is 2.40 bits per heavy atom. The number of hydrogen-bond acceptors (Lipinski definition) is 3. The van der Waals surface area contributed by atoms with E-state index in [9.17, 15) is 4.79 Å². The minimum atomic E-state index is 0.0911. The molecule has 0 spiro atoms. The Balaban J connectivity index is 2.35. The summed E-state index contributed by atoms with van der Waals surface area (Å²) in [6, 6.07) is 8.48. The maximum atomic E-state index is 11.9. The molecule has 1 heterocycles. The summed E-state index contributed by atoms with van der Waals surface area (Å²) in [5.74, 6) is 0. The summed E-state index contributed by atoms with van der Waals surface area (Å²) < 4.78 is 1.82. The van der Waals surface area contributed by atoms with Crippen LogP contribution >= 0.6 is 11.3 Å². The minimum absolute atomic E-state index is 0.0911. The van der Waals surface area contributed by atoms with Gasteiger partial charge in [0.05, 0.1) is 5.69 Å². The second-order valence-corrected chi connectivity index (χ2v) is 6.83. The first-order valence-electron chi connectivity index (χ1n) is 6.93. The van der Waals surface area contributed by atoms with Crippen molar-refractivity contribution in [3.8, 4) is 11.3 Å². The summed E-state index contributed by atoms with van der Waals surface area (Å²) in [4.78, 5) is 12.0. The van der Waals surface area contributed by atoms with E-state index in [0.29, 0.717) is 13.1 Å². The number of nitrogens with zero attached hydrogens (tertiary/aromatic N) is 1. The van der Waals surface area contributed by atoms with Crippen LogP contribution in [-0.4, -0.2) is 11.1 Å². The van der Waals surface area contributed by atoms with Crippen molar-refractivity contribution in [3.63, 3.8) is 0 Å². The normalized spacial score (nSPS) is 11.8. The number of rotatable bonds is 4. The highest BCUT2D eigenvalue weighted by molar-refractivity contribution is 7.07. The second-order valence-electron chi connectivity index (χ2n) is 6.01. The van der Waals surface area contributed by atoms with Crippen molar-refractivity contribution in [1.29, 1.82) is 0 Å². The molecule has 3 nitrogen and oxygen atoms in total. The first kappa shape index (κ1) is 15.0. The van der Waals surface area contributed by atoms with Gasteiger partial charge in [0.15, 0.2) is 0 Å². The molecule has 0 aliphatic rings. The van der Waals surface area contributed by atoms with Crippen LogP contribution < -0.4 is 10.6 Å². The van der Waals surface area contributed by atoms with Crippen LogP contribution in [0.5, 0.6) is 0 Å². The first-order valence-corrected chi connectivity index (χ1v) is 7.81. The third kappa shape index (κ3) is 3.19. The number of aromatic nitrogens is 1. The van der Waals surface area contributed by atoms with Crippen molar-refractivity contribution in [2.24, 2.45) is 5.73 Å². The molecule has 0 saturated carbocycles. The molecule has 1 aromatic carbocycles. The molecule has 20 heavy (non-hydrogen) atoms. The second kappa shape index (κ2) is 5.94. The van der Waals surface area contributed by atoms with Crippen LogP contribution in [-0.2, 0) is 12.0 Å². The summed E-state index contributed by atoms with van der Waals surface area (Å²) in [7, 11) is 0. The van der Waals surface area contributed by atoms with Crippen LogP contribution in [0.3, 0.4) is 0 Å². The molecular formula is C16H22N2OS. The topological polar surface area (TPSA) is 48.0 Å². The zero-order valence-corrected chi connectivity index (χ0v) is 13.2. The van der Waals surface area contributed by atoms with E-state index >= 15 is 0 Å². The van der Waals surface area contributed by atoms with Gasteiger partial charge in [0.1, 0.15) is 0 Å². The molecule has 0 bridgehead atoms. The monoisotopic (exact) mass is 290 g/mol. The number of nitrogens with two attached hydrogens (primary N) is 1. The van der Waals surface area contributed by atoms with Gasteiger partial charge < -0.3 is 5.73 Å². The highest BCUT2D eigenvalue weighted by Crippen LogP contribution is 2.26. The van der Waals surface area contributed by atoms with Crippen molar-refractivity contribution in [2.45, 2.75) is 39.2 Å². The average Bonchev–Trinajstić information content (AvgIpc) is 2.77. The molecule has 1 aromatic heterocycles. The molecular weight excluding hydrogens is 268 g/mol. The van der Waals surface area contributed by atoms with E-state index < -0.39 is 0 Å². The van der Waals surface area contributed by atoms with Gasteiger partial charge in [-0.1, -0.05) is 56.4 Å². The van der Waals surface area contributed by atoms with Gasteiger partial charge in [-0.15, -0.1) is 0 Å². The van der Waals surface area contributed by atoms with Crippen LogP contribution in [0.1, 0.15) is 32.8 Å². The molecule has 0 aliphatic heterocycles. The molecule has 0 amide bonds. The molecule has 2 aromatic rings. The van der Waals surface area contributed by atoms with E-state index in [4.69, 9.17) is 5.73 Å². The van der Waals surface area contributed by atoms with E-state index in [1.807, 2.05) is 9.95 Å². The quantitative estimate of drug-likeness (QED) is 0.940. The van der Waals surface area contributed by atoms with E-state index in [1.165, 1.54) is 16.9 Å². The van der Waals surface area contributed by atoms with Crippen LogP contribution in [0.2, 0.25) is 0 Å². The molecule has 0 aliphatic carbocycles. The lowest BCUT2D eigenvalue weighted by Gasteiger charge is -2.19. The highest BCUT2D eigenvalue weighted by Gasteiger charge is 2.14. The van der Waals surface area contributed by atoms with Gasteiger partial charge >= 0.3 is 4.87 Å². The summed E-state index contributed by atoms with van der Waals surface area (Å²) in [5, 5.41) is 1.94. The predicted molar refractivity (Wildman–Crippen MR) is 86.4 cm³/mol. The summed E-state index contributed by atoms with van der Waals surface area (Å²) in [5.41, 5.74) is 9.07. The van der Waals surface area contributed by atoms with Crippen LogP contribution in [0.25, 0.3) is 11.3 Å². The smallest absolute Gasteiger partial charge is 0.307 e. The standard InChI is InChI=1S/C16H22N2OS/c1-16(2,3)13-7-5-12(6-8-13)14-11-20-15(19)18(14)10-4-9-17/h5-8,11H,4,9-10,17H2,1-3H3. The van der Waals surface area contributed by atoms with Gasteiger partial charge in [0.25, 0.3) is 0 Å². The lowest BCUT2D eigenvalue weighted by Crippen LogP contribution is -2.16.